The molecule has 0 atom stereocenters. The summed E-state index contributed by atoms with van der Waals surface area (Å²) in [4.78, 5) is 37.7. The first-order valence-corrected chi connectivity index (χ1v) is 8.23. The molecular formula is C20H20N2O3. The Morgan fingerprint density at radius 2 is 1.92 bits per heavy atom. The number of likely N-dealkylation sites (N-methyl/N-ethyl adjacent to an activating group) is 1. The van der Waals surface area contributed by atoms with Gasteiger partial charge < -0.3 is 10.2 Å². The second kappa shape index (κ2) is 6.89. The van der Waals surface area contributed by atoms with Crippen LogP contribution < -0.4 is 10.2 Å². The lowest BCUT2D eigenvalue weighted by Gasteiger charge is -2.10. The summed E-state index contributed by atoms with van der Waals surface area (Å²) < 4.78 is 0. The van der Waals surface area contributed by atoms with E-state index in [4.69, 9.17) is 0 Å². The Kier molecular flexibility index (Phi) is 4.65. The number of fused-ring (bicyclic) bond motifs is 1. The van der Waals surface area contributed by atoms with E-state index in [2.05, 4.69) is 5.32 Å². The van der Waals surface area contributed by atoms with Crippen LogP contribution in [0.4, 0.5) is 5.69 Å². The van der Waals surface area contributed by atoms with E-state index in [-0.39, 0.29) is 30.6 Å². The Bertz CT molecular complexity index is 858. The zero-order valence-electron chi connectivity index (χ0n) is 14.3. The van der Waals surface area contributed by atoms with Gasteiger partial charge in [-0.25, -0.2) is 0 Å². The van der Waals surface area contributed by atoms with Crippen molar-refractivity contribution in [2.24, 2.45) is 0 Å². The van der Waals surface area contributed by atoms with E-state index in [0.29, 0.717) is 17.5 Å². The van der Waals surface area contributed by atoms with E-state index in [1.54, 1.807) is 36.2 Å². The highest BCUT2D eigenvalue weighted by atomic mass is 16.2. The fourth-order valence-corrected chi connectivity index (χ4v) is 2.97. The topological polar surface area (TPSA) is 66.5 Å². The third-order valence-electron chi connectivity index (χ3n) is 4.40. The molecule has 0 aromatic heterocycles. The first-order chi connectivity index (χ1) is 12.0. The molecule has 5 heteroatoms. The van der Waals surface area contributed by atoms with E-state index in [9.17, 15) is 14.4 Å². The summed E-state index contributed by atoms with van der Waals surface area (Å²) in [5.74, 6) is -0.197. The minimum Gasteiger partial charge on any atom is -0.352 e. The van der Waals surface area contributed by atoms with Crippen LogP contribution >= 0.6 is 0 Å². The Balaban J connectivity index is 1.58. The van der Waals surface area contributed by atoms with Crippen molar-refractivity contribution in [2.75, 3.05) is 18.5 Å². The summed E-state index contributed by atoms with van der Waals surface area (Å²) in [5, 5.41) is 2.77. The van der Waals surface area contributed by atoms with E-state index in [1.807, 2.05) is 25.1 Å². The predicted octanol–water partition coefficient (Wildman–Crippen LogP) is 2.52. The normalized spacial score (nSPS) is 12.9. The Hall–Kier alpha value is -2.95. The van der Waals surface area contributed by atoms with Crippen LogP contribution in [0, 0.1) is 6.92 Å². The van der Waals surface area contributed by atoms with Crippen LogP contribution in [0.1, 0.15) is 38.3 Å². The number of anilines is 1. The molecule has 0 saturated heterocycles. The standard InChI is InChI=1S/C20H20N2O3/c1-13-4-3-5-15(10-13)20(25)21-9-8-18(23)14-6-7-17-16(11-14)12-19(24)22(17)2/h3-7,10-11H,8-9,12H2,1-2H3,(H,21,25). The molecule has 0 radical (unpaired) electrons. The molecule has 128 valence electrons. The monoisotopic (exact) mass is 336 g/mol. The molecule has 0 fully saturated rings. The number of nitrogens with one attached hydrogen (secondary N) is 1. The van der Waals surface area contributed by atoms with Crippen LogP contribution in [0.2, 0.25) is 0 Å². The van der Waals surface area contributed by atoms with Gasteiger partial charge in [0.15, 0.2) is 5.78 Å². The molecule has 25 heavy (non-hydrogen) atoms. The quantitative estimate of drug-likeness (QED) is 0.853. The van der Waals surface area contributed by atoms with Crippen molar-refractivity contribution >= 4 is 23.3 Å². The number of Topliss-reactive ketones (excluding diaryl/α,β-unsaturated/α-hetero) is 1. The van der Waals surface area contributed by atoms with Gasteiger partial charge in [0.25, 0.3) is 5.91 Å². The highest BCUT2D eigenvalue weighted by molar-refractivity contribution is 6.03. The average Bonchev–Trinajstić information content (AvgIpc) is 2.88. The Labute approximate surface area is 146 Å². The number of aryl methyl sites for hydroxylation is 1. The second-order valence-electron chi connectivity index (χ2n) is 6.27. The zero-order valence-corrected chi connectivity index (χ0v) is 14.3. The molecule has 1 N–H and O–H groups in total. The lowest BCUT2D eigenvalue weighted by molar-refractivity contribution is -0.117. The smallest absolute Gasteiger partial charge is 0.251 e. The van der Waals surface area contributed by atoms with Crippen molar-refractivity contribution in [1.82, 2.24) is 5.32 Å². The largest absolute Gasteiger partial charge is 0.352 e. The molecule has 5 nitrogen and oxygen atoms in total. The second-order valence-corrected chi connectivity index (χ2v) is 6.27. The maximum atomic E-state index is 12.3. The van der Waals surface area contributed by atoms with Gasteiger partial charge in [0, 0.05) is 36.8 Å². The van der Waals surface area contributed by atoms with Gasteiger partial charge in [-0.1, -0.05) is 17.7 Å². The highest BCUT2D eigenvalue weighted by Crippen LogP contribution is 2.28. The molecule has 1 aliphatic rings. The first-order valence-electron chi connectivity index (χ1n) is 8.23. The third kappa shape index (κ3) is 3.60. The van der Waals surface area contributed by atoms with Crippen molar-refractivity contribution in [2.45, 2.75) is 19.8 Å². The van der Waals surface area contributed by atoms with Gasteiger partial charge in [0.05, 0.1) is 6.42 Å². The van der Waals surface area contributed by atoms with Crippen molar-refractivity contribution in [3.8, 4) is 0 Å². The fraction of sp³-hybridized carbons (Fsp3) is 0.250. The number of carbonyl (C=O) groups excluding carboxylic acids is 3. The molecule has 1 aliphatic heterocycles. The van der Waals surface area contributed by atoms with Gasteiger partial charge in [-0.3, -0.25) is 14.4 Å². The SMILES string of the molecule is Cc1cccc(C(=O)NCCC(=O)c2ccc3c(c2)CC(=O)N3C)c1. The molecular weight excluding hydrogens is 316 g/mol. The van der Waals surface area contributed by atoms with E-state index in [1.165, 1.54) is 0 Å². The number of nitrogens with zero attached hydrogens (tertiary/aromatic N) is 1. The Morgan fingerprint density at radius 1 is 1.12 bits per heavy atom. The number of amides is 2. The molecule has 0 bridgehead atoms. The summed E-state index contributed by atoms with van der Waals surface area (Å²) in [6.45, 7) is 2.21. The van der Waals surface area contributed by atoms with Gasteiger partial charge in [-0.05, 0) is 42.8 Å². The maximum absolute atomic E-state index is 12.3. The van der Waals surface area contributed by atoms with Gasteiger partial charge in [-0.15, -0.1) is 0 Å². The van der Waals surface area contributed by atoms with Crippen LogP contribution in [0.15, 0.2) is 42.5 Å². The minimum absolute atomic E-state index is 0.0324. The highest BCUT2D eigenvalue weighted by Gasteiger charge is 2.24. The van der Waals surface area contributed by atoms with Gasteiger partial charge >= 0.3 is 0 Å². The molecule has 3 rings (SSSR count). The van der Waals surface area contributed by atoms with Crippen molar-refractivity contribution in [3.05, 3.63) is 64.7 Å². The lowest BCUT2D eigenvalue weighted by Crippen LogP contribution is -2.26. The van der Waals surface area contributed by atoms with E-state index >= 15 is 0 Å². The number of rotatable bonds is 5. The molecule has 1 heterocycles. The summed E-state index contributed by atoms with van der Waals surface area (Å²) >= 11 is 0. The summed E-state index contributed by atoms with van der Waals surface area (Å²) in [6.07, 6.45) is 0.553. The van der Waals surface area contributed by atoms with Gasteiger partial charge in [-0.2, -0.15) is 0 Å². The average molecular weight is 336 g/mol. The maximum Gasteiger partial charge on any atom is 0.251 e. The van der Waals surface area contributed by atoms with Crippen LogP contribution in [0.5, 0.6) is 0 Å². The van der Waals surface area contributed by atoms with Crippen LogP contribution in [-0.4, -0.2) is 31.2 Å². The lowest BCUT2D eigenvalue weighted by atomic mass is 10.0. The molecule has 0 unspecified atom stereocenters. The summed E-state index contributed by atoms with van der Waals surface area (Å²) in [5.41, 5.74) is 3.91. The third-order valence-corrected chi connectivity index (χ3v) is 4.40. The van der Waals surface area contributed by atoms with E-state index in [0.717, 1.165) is 16.8 Å². The van der Waals surface area contributed by atoms with Crippen LogP contribution in [0.25, 0.3) is 0 Å². The van der Waals surface area contributed by atoms with Crippen LogP contribution in [0.3, 0.4) is 0 Å². The van der Waals surface area contributed by atoms with Crippen molar-refractivity contribution in [1.29, 1.82) is 0 Å². The number of ketones is 1. The molecule has 0 aliphatic carbocycles. The van der Waals surface area contributed by atoms with Crippen LogP contribution in [-0.2, 0) is 11.2 Å². The van der Waals surface area contributed by atoms with Gasteiger partial charge in [0.1, 0.15) is 0 Å². The molecule has 0 spiro atoms. The zero-order chi connectivity index (χ0) is 18.0. The minimum atomic E-state index is -0.183. The number of carbonyl (C=O) groups is 3. The van der Waals surface area contributed by atoms with E-state index < -0.39 is 0 Å². The predicted molar refractivity (Wildman–Crippen MR) is 96.0 cm³/mol. The fourth-order valence-electron chi connectivity index (χ4n) is 2.97. The van der Waals surface area contributed by atoms with Crippen molar-refractivity contribution in [3.63, 3.8) is 0 Å². The molecule has 0 saturated carbocycles. The van der Waals surface area contributed by atoms with Crippen molar-refractivity contribution < 1.29 is 14.4 Å². The Morgan fingerprint density at radius 3 is 2.68 bits per heavy atom. The number of hydrogen-bond donors (Lipinski definition) is 1. The number of benzene rings is 2. The first kappa shape index (κ1) is 16.9. The summed E-state index contributed by atoms with van der Waals surface area (Å²) in [6, 6.07) is 12.6. The van der Waals surface area contributed by atoms with Gasteiger partial charge in [0.2, 0.25) is 5.91 Å². The summed E-state index contributed by atoms with van der Waals surface area (Å²) in [7, 11) is 1.73. The molecule has 2 aromatic rings. The number of hydrogen-bond acceptors (Lipinski definition) is 3. The molecule has 2 amide bonds. The molecule has 2 aromatic carbocycles.